The lowest BCUT2D eigenvalue weighted by molar-refractivity contribution is 0.0718. The molecule has 3 rings (SSSR count). The summed E-state index contributed by atoms with van der Waals surface area (Å²) in [5.41, 5.74) is 6.72. The molecule has 2 aromatic rings. The highest BCUT2D eigenvalue weighted by Crippen LogP contribution is 2.32. The first-order valence-electron chi connectivity index (χ1n) is 6.71. The molecule has 2 N–H and O–H groups in total. The predicted octanol–water partition coefficient (Wildman–Crippen LogP) is 2.74. The van der Waals surface area contributed by atoms with Gasteiger partial charge in [0, 0.05) is 19.1 Å². The zero-order valence-corrected chi connectivity index (χ0v) is 13.0. The Kier molecular flexibility index (Phi) is 3.87. The zero-order valence-electron chi connectivity index (χ0n) is 11.3. The van der Waals surface area contributed by atoms with Crippen LogP contribution in [0.5, 0.6) is 0 Å². The maximum absolute atomic E-state index is 12.6. The first kappa shape index (κ1) is 13.7. The smallest absolute Gasteiger partial charge is 0.265 e. The van der Waals surface area contributed by atoms with Crippen LogP contribution in [0.25, 0.3) is 9.88 Å². The van der Waals surface area contributed by atoms with Crippen molar-refractivity contribution in [3.8, 4) is 9.88 Å². The number of nitrogens with two attached hydrogens (primary N) is 1. The van der Waals surface area contributed by atoms with Gasteiger partial charge in [-0.3, -0.25) is 4.79 Å². The van der Waals surface area contributed by atoms with Crippen molar-refractivity contribution in [3.05, 3.63) is 28.1 Å². The van der Waals surface area contributed by atoms with Gasteiger partial charge in [0.25, 0.3) is 5.91 Å². The van der Waals surface area contributed by atoms with E-state index in [0.717, 1.165) is 46.4 Å². The zero-order chi connectivity index (χ0) is 14.1. The minimum absolute atomic E-state index is 0.106. The average molecular weight is 307 g/mol. The normalized spacial score (nSPS) is 16.6. The number of rotatable bonds is 2. The van der Waals surface area contributed by atoms with Gasteiger partial charge in [-0.25, -0.2) is 4.98 Å². The van der Waals surface area contributed by atoms with Crippen molar-refractivity contribution in [3.63, 3.8) is 0 Å². The predicted molar refractivity (Wildman–Crippen MR) is 83.3 cm³/mol. The van der Waals surface area contributed by atoms with E-state index in [4.69, 9.17) is 5.73 Å². The van der Waals surface area contributed by atoms with Crippen LogP contribution in [0.3, 0.4) is 0 Å². The van der Waals surface area contributed by atoms with Crippen molar-refractivity contribution in [1.82, 2.24) is 9.88 Å². The highest BCUT2D eigenvalue weighted by atomic mass is 32.1. The third-order valence-corrected chi connectivity index (χ3v) is 5.73. The summed E-state index contributed by atoms with van der Waals surface area (Å²) in [5, 5.41) is 2.97. The molecule has 0 radical (unpaired) electrons. The Labute approximate surface area is 126 Å². The average Bonchev–Trinajstić information content (AvgIpc) is 3.08. The van der Waals surface area contributed by atoms with Crippen LogP contribution in [0.15, 0.2) is 17.5 Å². The molecule has 1 aliphatic rings. The lowest BCUT2D eigenvalue weighted by Gasteiger charge is -2.29. The van der Waals surface area contributed by atoms with E-state index in [1.54, 1.807) is 11.3 Å². The number of aromatic nitrogens is 1. The Morgan fingerprint density at radius 1 is 1.45 bits per heavy atom. The molecule has 3 heterocycles. The van der Waals surface area contributed by atoms with Crippen molar-refractivity contribution in [2.24, 2.45) is 5.73 Å². The fourth-order valence-electron chi connectivity index (χ4n) is 2.35. The molecular weight excluding hydrogens is 290 g/mol. The van der Waals surface area contributed by atoms with Crippen molar-refractivity contribution >= 4 is 28.6 Å². The number of aryl methyl sites for hydroxylation is 1. The van der Waals surface area contributed by atoms with Crippen LogP contribution >= 0.6 is 22.7 Å². The molecule has 1 amide bonds. The molecule has 1 aliphatic heterocycles. The van der Waals surface area contributed by atoms with E-state index in [0.29, 0.717) is 0 Å². The van der Waals surface area contributed by atoms with Gasteiger partial charge < -0.3 is 10.6 Å². The van der Waals surface area contributed by atoms with Crippen LogP contribution in [0.2, 0.25) is 0 Å². The van der Waals surface area contributed by atoms with Crippen molar-refractivity contribution in [2.45, 2.75) is 25.8 Å². The monoisotopic (exact) mass is 307 g/mol. The Morgan fingerprint density at radius 3 is 2.85 bits per heavy atom. The Hall–Kier alpha value is -1.24. The van der Waals surface area contributed by atoms with E-state index in [1.807, 2.05) is 29.3 Å². The van der Waals surface area contributed by atoms with Gasteiger partial charge >= 0.3 is 0 Å². The Balaban J connectivity index is 1.81. The molecule has 6 heteroatoms. The SMILES string of the molecule is Cc1nc(-c2cccs2)sc1C(=O)N1CCC(N)CC1. The summed E-state index contributed by atoms with van der Waals surface area (Å²) in [6.07, 6.45) is 1.78. The molecule has 20 heavy (non-hydrogen) atoms. The van der Waals surface area contributed by atoms with Gasteiger partial charge in [-0.05, 0) is 31.2 Å². The van der Waals surface area contributed by atoms with Gasteiger partial charge in [-0.15, -0.1) is 22.7 Å². The number of hydrogen-bond acceptors (Lipinski definition) is 5. The Bertz CT molecular complexity index is 598. The van der Waals surface area contributed by atoms with Crippen LogP contribution in [0.1, 0.15) is 28.2 Å². The highest BCUT2D eigenvalue weighted by Gasteiger charge is 2.25. The fraction of sp³-hybridized carbons (Fsp3) is 0.429. The van der Waals surface area contributed by atoms with E-state index < -0.39 is 0 Å². The number of carbonyl (C=O) groups excluding carboxylic acids is 1. The molecule has 1 saturated heterocycles. The number of likely N-dealkylation sites (tertiary alicyclic amines) is 1. The van der Waals surface area contributed by atoms with Gasteiger partial charge in [0.1, 0.15) is 9.88 Å². The topological polar surface area (TPSA) is 59.2 Å². The van der Waals surface area contributed by atoms with Crippen LogP contribution in [-0.4, -0.2) is 34.9 Å². The van der Waals surface area contributed by atoms with E-state index >= 15 is 0 Å². The molecule has 0 spiro atoms. The van der Waals surface area contributed by atoms with Gasteiger partial charge in [-0.2, -0.15) is 0 Å². The van der Waals surface area contributed by atoms with Gasteiger partial charge in [0.2, 0.25) is 0 Å². The number of thiophene rings is 1. The number of thiazole rings is 1. The van der Waals surface area contributed by atoms with E-state index in [2.05, 4.69) is 4.98 Å². The second-order valence-corrected chi connectivity index (χ2v) is 6.99. The molecule has 0 unspecified atom stereocenters. The second kappa shape index (κ2) is 5.63. The molecule has 0 bridgehead atoms. The quantitative estimate of drug-likeness (QED) is 0.928. The van der Waals surface area contributed by atoms with Crippen LogP contribution in [0.4, 0.5) is 0 Å². The van der Waals surface area contributed by atoms with Gasteiger partial charge in [0.05, 0.1) is 10.6 Å². The molecule has 0 atom stereocenters. The molecular formula is C14H17N3OS2. The third-order valence-electron chi connectivity index (χ3n) is 3.55. The summed E-state index contributed by atoms with van der Waals surface area (Å²) in [5.74, 6) is 0.106. The first-order chi connectivity index (χ1) is 9.65. The number of amides is 1. The van der Waals surface area contributed by atoms with Crippen molar-refractivity contribution in [1.29, 1.82) is 0 Å². The first-order valence-corrected chi connectivity index (χ1v) is 8.41. The van der Waals surface area contributed by atoms with Crippen molar-refractivity contribution < 1.29 is 4.79 Å². The van der Waals surface area contributed by atoms with Crippen molar-refractivity contribution in [2.75, 3.05) is 13.1 Å². The highest BCUT2D eigenvalue weighted by molar-refractivity contribution is 7.22. The summed E-state index contributed by atoms with van der Waals surface area (Å²) >= 11 is 3.15. The lowest BCUT2D eigenvalue weighted by Crippen LogP contribution is -2.42. The third kappa shape index (κ3) is 2.63. The standard InChI is InChI=1S/C14H17N3OS2/c1-9-12(14(18)17-6-4-10(15)5-7-17)20-13(16-9)11-3-2-8-19-11/h2-3,8,10H,4-7,15H2,1H3. The maximum Gasteiger partial charge on any atom is 0.265 e. The largest absolute Gasteiger partial charge is 0.338 e. The minimum atomic E-state index is 0.106. The Morgan fingerprint density at radius 2 is 2.20 bits per heavy atom. The summed E-state index contributed by atoms with van der Waals surface area (Å²) in [6.45, 7) is 3.42. The molecule has 4 nitrogen and oxygen atoms in total. The van der Waals surface area contributed by atoms with E-state index in [-0.39, 0.29) is 11.9 Å². The summed E-state index contributed by atoms with van der Waals surface area (Å²) in [7, 11) is 0. The van der Waals surface area contributed by atoms with E-state index in [1.165, 1.54) is 11.3 Å². The summed E-state index contributed by atoms with van der Waals surface area (Å²) in [4.78, 5) is 20.9. The van der Waals surface area contributed by atoms with E-state index in [9.17, 15) is 4.79 Å². The fourth-order valence-corrected chi connectivity index (χ4v) is 4.18. The summed E-state index contributed by atoms with van der Waals surface area (Å²) < 4.78 is 0. The molecule has 0 aromatic carbocycles. The molecule has 0 saturated carbocycles. The number of carbonyl (C=O) groups is 1. The van der Waals surface area contributed by atoms with Gasteiger partial charge in [0.15, 0.2) is 0 Å². The van der Waals surface area contributed by atoms with Gasteiger partial charge in [-0.1, -0.05) is 6.07 Å². The molecule has 0 aliphatic carbocycles. The number of nitrogens with zero attached hydrogens (tertiary/aromatic N) is 2. The molecule has 106 valence electrons. The molecule has 1 fully saturated rings. The second-order valence-electron chi connectivity index (χ2n) is 5.04. The summed E-state index contributed by atoms with van der Waals surface area (Å²) in [6, 6.07) is 4.28. The maximum atomic E-state index is 12.6. The minimum Gasteiger partial charge on any atom is -0.338 e. The molecule has 2 aromatic heterocycles. The van der Waals surface area contributed by atoms with Crippen LogP contribution in [-0.2, 0) is 0 Å². The lowest BCUT2D eigenvalue weighted by atomic mass is 10.1. The van der Waals surface area contributed by atoms with Crippen LogP contribution in [0, 0.1) is 6.92 Å². The number of piperidine rings is 1. The van der Waals surface area contributed by atoms with Crippen LogP contribution < -0.4 is 5.73 Å². The number of hydrogen-bond donors (Lipinski definition) is 1.